The molecule has 0 saturated carbocycles. The fourth-order valence-corrected chi connectivity index (χ4v) is 2.94. The highest BCUT2D eigenvalue weighted by atomic mass is 35.5. The van der Waals surface area contributed by atoms with Gasteiger partial charge in [0.25, 0.3) is 11.5 Å². The van der Waals surface area contributed by atoms with E-state index in [0.717, 1.165) is 12.1 Å². The van der Waals surface area contributed by atoms with Crippen LogP contribution in [0.4, 0.5) is 8.78 Å². The lowest BCUT2D eigenvalue weighted by Gasteiger charge is -2.22. The van der Waals surface area contributed by atoms with Gasteiger partial charge in [-0.15, -0.1) is 0 Å². The largest absolute Gasteiger partial charge is 0.331 e. The van der Waals surface area contributed by atoms with Crippen LogP contribution in [0, 0.1) is 11.6 Å². The standard InChI is InChI=1S/C19H16ClF2N3O2/c1-2-7-25(19(27)13-6-4-12(21)9-15(13)22)10-17-23-16-8-11(20)3-5-14(16)18(26)24-17/h3-6,8-9H,2,7,10H2,1H3,(H,23,24,26). The van der Waals surface area contributed by atoms with Crippen molar-refractivity contribution < 1.29 is 13.6 Å². The number of carbonyl (C=O) groups excluding carboxylic acids is 1. The Morgan fingerprint density at radius 2 is 2.00 bits per heavy atom. The number of fused-ring (bicyclic) bond motifs is 1. The predicted octanol–water partition coefficient (Wildman–Crippen LogP) is 3.91. The van der Waals surface area contributed by atoms with Gasteiger partial charge in [-0.1, -0.05) is 18.5 Å². The number of benzene rings is 2. The number of halogens is 3. The Kier molecular flexibility index (Phi) is 5.51. The van der Waals surface area contributed by atoms with E-state index < -0.39 is 17.5 Å². The van der Waals surface area contributed by atoms with Crippen molar-refractivity contribution in [3.8, 4) is 0 Å². The van der Waals surface area contributed by atoms with Gasteiger partial charge in [-0.05, 0) is 36.8 Å². The molecule has 0 bridgehead atoms. The topological polar surface area (TPSA) is 66.1 Å². The van der Waals surface area contributed by atoms with Gasteiger partial charge in [0.05, 0.1) is 23.0 Å². The Hall–Kier alpha value is -2.80. The monoisotopic (exact) mass is 391 g/mol. The lowest BCUT2D eigenvalue weighted by atomic mass is 10.1. The summed E-state index contributed by atoms with van der Waals surface area (Å²) in [5.41, 5.74) is -0.197. The summed E-state index contributed by atoms with van der Waals surface area (Å²) in [7, 11) is 0. The summed E-state index contributed by atoms with van der Waals surface area (Å²) in [5.74, 6) is -2.06. The van der Waals surface area contributed by atoms with Gasteiger partial charge in [0.2, 0.25) is 0 Å². The molecule has 0 aliphatic rings. The molecule has 0 aliphatic heterocycles. The minimum Gasteiger partial charge on any atom is -0.331 e. The Morgan fingerprint density at radius 1 is 1.22 bits per heavy atom. The van der Waals surface area contributed by atoms with Crippen molar-refractivity contribution in [3.05, 3.63) is 74.8 Å². The number of carbonyl (C=O) groups is 1. The van der Waals surface area contributed by atoms with Crippen LogP contribution in [-0.4, -0.2) is 27.3 Å². The molecule has 0 atom stereocenters. The van der Waals surface area contributed by atoms with Gasteiger partial charge in [0.15, 0.2) is 0 Å². The molecule has 0 radical (unpaired) electrons. The van der Waals surface area contributed by atoms with Gasteiger partial charge in [-0.3, -0.25) is 9.59 Å². The van der Waals surface area contributed by atoms with E-state index in [9.17, 15) is 18.4 Å². The second kappa shape index (κ2) is 7.84. The van der Waals surface area contributed by atoms with Gasteiger partial charge in [-0.25, -0.2) is 13.8 Å². The molecule has 27 heavy (non-hydrogen) atoms. The molecule has 1 N–H and O–H groups in total. The highest BCUT2D eigenvalue weighted by Crippen LogP contribution is 2.17. The van der Waals surface area contributed by atoms with Crippen molar-refractivity contribution in [1.29, 1.82) is 0 Å². The molecule has 0 saturated heterocycles. The number of hydrogen-bond acceptors (Lipinski definition) is 3. The van der Waals surface area contributed by atoms with Crippen LogP contribution in [-0.2, 0) is 6.54 Å². The Labute approximate surface area is 158 Å². The molecule has 0 spiro atoms. The summed E-state index contributed by atoms with van der Waals surface area (Å²) in [6.07, 6.45) is 0.609. The number of aromatic amines is 1. The summed E-state index contributed by atoms with van der Waals surface area (Å²) in [5, 5.41) is 0.808. The molecule has 1 amide bonds. The molecular formula is C19H16ClF2N3O2. The summed E-state index contributed by atoms with van der Waals surface area (Å²) in [6, 6.07) is 7.50. The van der Waals surface area contributed by atoms with E-state index in [2.05, 4.69) is 9.97 Å². The molecule has 3 aromatic rings. The van der Waals surface area contributed by atoms with Crippen molar-refractivity contribution in [2.24, 2.45) is 0 Å². The van der Waals surface area contributed by atoms with Crippen molar-refractivity contribution in [1.82, 2.24) is 14.9 Å². The van der Waals surface area contributed by atoms with Crippen molar-refractivity contribution >= 4 is 28.4 Å². The molecule has 8 heteroatoms. The average Bonchev–Trinajstić information content (AvgIpc) is 2.60. The van der Waals surface area contributed by atoms with E-state index in [4.69, 9.17) is 11.6 Å². The van der Waals surface area contributed by atoms with Gasteiger partial charge < -0.3 is 9.88 Å². The SMILES string of the molecule is CCCN(Cc1nc2cc(Cl)ccc2c(=O)[nH]1)C(=O)c1ccc(F)cc1F. The zero-order valence-electron chi connectivity index (χ0n) is 14.4. The van der Waals surface area contributed by atoms with E-state index in [-0.39, 0.29) is 23.5 Å². The van der Waals surface area contributed by atoms with Crippen LogP contribution in [0.2, 0.25) is 5.02 Å². The quantitative estimate of drug-likeness (QED) is 0.717. The number of nitrogens with zero attached hydrogens (tertiary/aromatic N) is 2. The first-order valence-corrected chi connectivity index (χ1v) is 8.69. The van der Waals surface area contributed by atoms with Crippen molar-refractivity contribution in [2.75, 3.05) is 6.54 Å². The first kappa shape index (κ1) is 19.0. The van der Waals surface area contributed by atoms with Gasteiger partial charge >= 0.3 is 0 Å². The van der Waals surface area contributed by atoms with Gasteiger partial charge in [-0.2, -0.15) is 0 Å². The fraction of sp³-hybridized carbons (Fsp3) is 0.211. The van der Waals surface area contributed by atoms with Crippen LogP contribution in [0.5, 0.6) is 0 Å². The molecule has 0 fully saturated rings. The van der Waals surface area contributed by atoms with E-state index >= 15 is 0 Å². The van der Waals surface area contributed by atoms with Crippen LogP contribution < -0.4 is 5.56 Å². The second-order valence-electron chi connectivity index (χ2n) is 6.02. The van der Waals surface area contributed by atoms with Crippen LogP contribution >= 0.6 is 11.6 Å². The normalized spacial score (nSPS) is 11.0. The molecular weight excluding hydrogens is 376 g/mol. The number of aromatic nitrogens is 2. The zero-order valence-corrected chi connectivity index (χ0v) is 15.2. The Morgan fingerprint density at radius 3 is 2.70 bits per heavy atom. The van der Waals surface area contributed by atoms with Crippen molar-refractivity contribution in [2.45, 2.75) is 19.9 Å². The van der Waals surface area contributed by atoms with Gasteiger partial charge in [0, 0.05) is 17.6 Å². The fourth-order valence-electron chi connectivity index (χ4n) is 2.77. The van der Waals surface area contributed by atoms with E-state index in [1.165, 1.54) is 4.90 Å². The highest BCUT2D eigenvalue weighted by molar-refractivity contribution is 6.31. The summed E-state index contributed by atoms with van der Waals surface area (Å²) in [4.78, 5) is 33.3. The smallest absolute Gasteiger partial charge is 0.258 e. The predicted molar refractivity (Wildman–Crippen MR) is 98.8 cm³/mol. The Bertz CT molecular complexity index is 1070. The van der Waals surface area contributed by atoms with Gasteiger partial charge in [0.1, 0.15) is 17.5 Å². The highest BCUT2D eigenvalue weighted by Gasteiger charge is 2.20. The lowest BCUT2D eigenvalue weighted by Crippen LogP contribution is -2.33. The lowest BCUT2D eigenvalue weighted by molar-refractivity contribution is 0.0734. The molecule has 0 unspecified atom stereocenters. The second-order valence-corrected chi connectivity index (χ2v) is 6.46. The third kappa shape index (κ3) is 4.14. The van der Waals surface area contributed by atoms with Crippen molar-refractivity contribution in [3.63, 3.8) is 0 Å². The zero-order chi connectivity index (χ0) is 19.6. The molecule has 1 aromatic heterocycles. The molecule has 140 valence electrons. The third-order valence-electron chi connectivity index (χ3n) is 4.00. The number of nitrogens with one attached hydrogen (secondary N) is 1. The maximum absolute atomic E-state index is 14.0. The molecule has 2 aromatic carbocycles. The van der Waals surface area contributed by atoms with Crippen LogP contribution in [0.3, 0.4) is 0 Å². The molecule has 3 rings (SSSR count). The Balaban J connectivity index is 1.95. The summed E-state index contributed by atoms with van der Waals surface area (Å²) < 4.78 is 27.1. The number of amides is 1. The van der Waals surface area contributed by atoms with E-state index in [0.29, 0.717) is 35.0 Å². The summed E-state index contributed by atoms with van der Waals surface area (Å²) >= 11 is 5.95. The number of hydrogen-bond donors (Lipinski definition) is 1. The van der Waals surface area contributed by atoms with E-state index in [1.807, 2.05) is 6.92 Å². The number of rotatable bonds is 5. The minimum absolute atomic E-state index is 0.0266. The molecule has 0 aliphatic carbocycles. The minimum atomic E-state index is -0.937. The maximum Gasteiger partial charge on any atom is 0.258 e. The van der Waals surface area contributed by atoms with E-state index in [1.54, 1.807) is 18.2 Å². The number of H-pyrrole nitrogens is 1. The molecule has 5 nitrogen and oxygen atoms in total. The van der Waals surface area contributed by atoms with Crippen LogP contribution in [0.1, 0.15) is 29.5 Å². The summed E-state index contributed by atoms with van der Waals surface area (Å²) in [6.45, 7) is 2.14. The maximum atomic E-state index is 14.0. The van der Waals surface area contributed by atoms with Crippen LogP contribution in [0.15, 0.2) is 41.2 Å². The third-order valence-corrected chi connectivity index (χ3v) is 4.24. The first-order chi connectivity index (χ1) is 12.9. The van der Waals surface area contributed by atoms with Crippen LogP contribution in [0.25, 0.3) is 10.9 Å². The first-order valence-electron chi connectivity index (χ1n) is 8.32. The average molecular weight is 392 g/mol. The molecule has 1 heterocycles.